The Morgan fingerprint density at radius 3 is 2.85 bits per heavy atom. The number of rotatable bonds is 2. The number of hydrogen-bond donors (Lipinski definition) is 1. The predicted molar refractivity (Wildman–Crippen MR) is 77.5 cm³/mol. The normalized spacial score (nSPS) is 25.3. The number of nitrogens with two attached hydrogens (primary N) is 1. The van der Waals surface area contributed by atoms with Gasteiger partial charge in [0.05, 0.1) is 0 Å². The molecule has 1 aromatic rings. The van der Waals surface area contributed by atoms with Crippen LogP contribution in [0.5, 0.6) is 11.5 Å². The highest BCUT2D eigenvalue weighted by Gasteiger charge is 2.37. The van der Waals surface area contributed by atoms with Gasteiger partial charge in [0, 0.05) is 24.5 Å². The molecule has 2 N–H and O–H groups in total. The van der Waals surface area contributed by atoms with Gasteiger partial charge in [-0.1, -0.05) is 13.8 Å². The Morgan fingerprint density at radius 1 is 1.40 bits per heavy atom. The molecule has 3 rings (SSSR count). The first-order valence-electron chi connectivity index (χ1n) is 7.00. The molecule has 2 aliphatic rings. The predicted octanol–water partition coefficient (Wildman–Crippen LogP) is 1.57. The van der Waals surface area contributed by atoms with Gasteiger partial charge in [0.2, 0.25) is 0 Å². The zero-order valence-corrected chi connectivity index (χ0v) is 12.6. The zero-order valence-electron chi connectivity index (χ0n) is 11.8. The highest BCUT2D eigenvalue weighted by atomic mass is 32.1. The minimum absolute atomic E-state index is 0.0142. The van der Waals surface area contributed by atoms with Crippen molar-refractivity contribution >= 4 is 17.2 Å². The van der Waals surface area contributed by atoms with Crippen LogP contribution in [0.15, 0.2) is 5.38 Å². The molecule has 0 radical (unpaired) electrons. The topological polar surface area (TPSA) is 64.8 Å². The van der Waals surface area contributed by atoms with E-state index in [1.54, 1.807) is 0 Å². The smallest absolute Gasteiger partial charge is 0.267 e. The fourth-order valence-electron chi connectivity index (χ4n) is 2.88. The summed E-state index contributed by atoms with van der Waals surface area (Å²) in [5.41, 5.74) is 6.15. The molecule has 110 valence electrons. The highest BCUT2D eigenvalue weighted by Crippen LogP contribution is 2.40. The van der Waals surface area contributed by atoms with E-state index in [9.17, 15) is 4.79 Å². The first-order valence-corrected chi connectivity index (χ1v) is 7.88. The van der Waals surface area contributed by atoms with Crippen LogP contribution in [-0.4, -0.2) is 43.2 Å². The van der Waals surface area contributed by atoms with Gasteiger partial charge >= 0.3 is 0 Å². The number of fused-ring (bicyclic) bond motifs is 1. The van der Waals surface area contributed by atoms with Crippen molar-refractivity contribution in [2.45, 2.75) is 19.9 Å². The number of thiophene rings is 1. The van der Waals surface area contributed by atoms with E-state index in [2.05, 4.69) is 13.8 Å². The molecule has 1 aromatic heterocycles. The Kier molecular flexibility index (Phi) is 3.60. The summed E-state index contributed by atoms with van der Waals surface area (Å²) in [4.78, 5) is 15.1. The van der Waals surface area contributed by atoms with Crippen LogP contribution in [0, 0.1) is 11.8 Å². The van der Waals surface area contributed by atoms with Crippen molar-refractivity contribution in [1.29, 1.82) is 0 Å². The third kappa shape index (κ3) is 2.27. The molecular weight excluding hydrogens is 276 g/mol. The van der Waals surface area contributed by atoms with Gasteiger partial charge in [-0.25, -0.2) is 0 Å². The van der Waals surface area contributed by atoms with Gasteiger partial charge in [0.1, 0.15) is 18.1 Å². The van der Waals surface area contributed by atoms with Crippen LogP contribution >= 0.6 is 11.3 Å². The van der Waals surface area contributed by atoms with E-state index >= 15 is 0 Å². The molecule has 0 saturated carbocycles. The Bertz CT molecular complexity index is 515. The summed E-state index contributed by atoms with van der Waals surface area (Å²) in [5, 5.41) is 1.84. The molecule has 0 spiro atoms. The van der Waals surface area contributed by atoms with Crippen LogP contribution in [0.2, 0.25) is 0 Å². The van der Waals surface area contributed by atoms with Crippen molar-refractivity contribution in [2.24, 2.45) is 17.6 Å². The molecular formula is C14H20N2O3S. The van der Waals surface area contributed by atoms with Gasteiger partial charge in [-0.3, -0.25) is 4.79 Å². The van der Waals surface area contributed by atoms with Gasteiger partial charge in [-0.2, -0.15) is 0 Å². The van der Waals surface area contributed by atoms with Crippen LogP contribution in [0.25, 0.3) is 0 Å². The first kappa shape index (κ1) is 13.7. The van der Waals surface area contributed by atoms with Gasteiger partial charge in [0.25, 0.3) is 5.91 Å². The molecule has 3 heterocycles. The Hall–Kier alpha value is -1.27. The van der Waals surface area contributed by atoms with E-state index < -0.39 is 0 Å². The van der Waals surface area contributed by atoms with Crippen molar-refractivity contribution in [3.8, 4) is 11.5 Å². The lowest BCUT2D eigenvalue weighted by Gasteiger charge is -2.20. The van der Waals surface area contributed by atoms with Crippen LogP contribution in [-0.2, 0) is 0 Å². The summed E-state index contributed by atoms with van der Waals surface area (Å²) in [6.45, 7) is 6.70. The van der Waals surface area contributed by atoms with E-state index in [-0.39, 0.29) is 11.9 Å². The Morgan fingerprint density at radius 2 is 2.15 bits per heavy atom. The standard InChI is InChI=1S/C14H20N2O3S/c1-8(2)9-5-16(6-10(9)15)14(17)13-12-11(7-20-13)18-3-4-19-12/h7-10H,3-6,15H2,1-2H3/t9-,10+/m0/s1. The fraction of sp³-hybridized carbons (Fsp3) is 0.643. The van der Waals surface area contributed by atoms with Crippen molar-refractivity contribution < 1.29 is 14.3 Å². The van der Waals surface area contributed by atoms with Crippen LogP contribution < -0.4 is 15.2 Å². The van der Waals surface area contributed by atoms with E-state index in [1.807, 2.05) is 10.3 Å². The Balaban J connectivity index is 1.78. The molecule has 6 heteroatoms. The summed E-state index contributed by atoms with van der Waals surface area (Å²) in [6, 6.07) is 0.0620. The highest BCUT2D eigenvalue weighted by molar-refractivity contribution is 7.12. The maximum atomic E-state index is 12.6. The molecule has 2 aliphatic heterocycles. The average molecular weight is 296 g/mol. The van der Waals surface area contributed by atoms with Crippen molar-refractivity contribution in [3.05, 3.63) is 10.3 Å². The quantitative estimate of drug-likeness (QED) is 0.900. The lowest BCUT2D eigenvalue weighted by Crippen LogP contribution is -2.33. The number of carbonyl (C=O) groups excluding carboxylic acids is 1. The summed E-state index contributed by atoms with van der Waals surface area (Å²) in [5.74, 6) is 2.16. The molecule has 1 saturated heterocycles. The summed E-state index contributed by atoms with van der Waals surface area (Å²) >= 11 is 1.39. The minimum atomic E-state index is 0.0142. The average Bonchev–Trinajstić information content (AvgIpc) is 3.01. The maximum Gasteiger partial charge on any atom is 0.267 e. The SMILES string of the molecule is CC(C)[C@@H]1CN(C(=O)c2scc3c2OCCO3)C[C@H]1N. The monoisotopic (exact) mass is 296 g/mol. The molecule has 2 atom stereocenters. The summed E-state index contributed by atoms with van der Waals surface area (Å²) in [6.07, 6.45) is 0. The number of hydrogen-bond acceptors (Lipinski definition) is 5. The second-order valence-corrected chi connectivity index (χ2v) is 6.62. The molecule has 0 aromatic carbocycles. The third-order valence-corrected chi connectivity index (χ3v) is 4.98. The van der Waals surface area contributed by atoms with Gasteiger partial charge in [0.15, 0.2) is 11.5 Å². The van der Waals surface area contributed by atoms with E-state index in [0.29, 0.717) is 48.0 Å². The fourth-order valence-corrected chi connectivity index (χ4v) is 3.78. The van der Waals surface area contributed by atoms with Crippen molar-refractivity contribution in [3.63, 3.8) is 0 Å². The molecule has 1 fully saturated rings. The lowest BCUT2D eigenvalue weighted by molar-refractivity contribution is 0.0779. The van der Waals surface area contributed by atoms with E-state index in [4.69, 9.17) is 15.2 Å². The van der Waals surface area contributed by atoms with Crippen LogP contribution in [0.1, 0.15) is 23.5 Å². The number of carbonyl (C=O) groups is 1. The maximum absolute atomic E-state index is 12.6. The lowest BCUT2D eigenvalue weighted by atomic mass is 9.92. The minimum Gasteiger partial charge on any atom is -0.485 e. The van der Waals surface area contributed by atoms with Crippen LogP contribution in [0.4, 0.5) is 0 Å². The largest absolute Gasteiger partial charge is 0.485 e. The van der Waals surface area contributed by atoms with Crippen molar-refractivity contribution in [2.75, 3.05) is 26.3 Å². The Labute approximate surface area is 122 Å². The first-order chi connectivity index (χ1) is 9.58. The molecule has 1 amide bonds. The van der Waals surface area contributed by atoms with Gasteiger partial charge in [-0.05, 0) is 11.8 Å². The van der Waals surface area contributed by atoms with Gasteiger partial charge in [-0.15, -0.1) is 11.3 Å². The molecule has 0 unspecified atom stereocenters. The summed E-state index contributed by atoms with van der Waals surface area (Å²) < 4.78 is 11.1. The number of amides is 1. The summed E-state index contributed by atoms with van der Waals surface area (Å²) in [7, 11) is 0. The number of ether oxygens (including phenoxy) is 2. The number of nitrogens with zero attached hydrogens (tertiary/aromatic N) is 1. The molecule has 20 heavy (non-hydrogen) atoms. The van der Waals surface area contributed by atoms with E-state index in [1.165, 1.54) is 11.3 Å². The van der Waals surface area contributed by atoms with Gasteiger partial charge < -0.3 is 20.1 Å². The molecule has 5 nitrogen and oxygen atoms in total. The van der Waals surface area contributed by atoms with Crippen molar-refractivity contribution in [1.82, 2.24) is 4.90 Å². The molecule has 0 aliphatic carbocycles. The molecule has 0 bridgehead atoms. The zero-order chi connectivity index (χ0) is 14.3. The second kappa shape index (κ2) is 5.26. The van der Waals surface area contributed by atoms with Crippen LogP contribution in [0.3, 0.4) is 0 Å². The third-order valence-electron chi connectivity index (χ3n) is 4.05. The second-order valence-electron chi connectivity index (χ2n) is 5.74. The van der Waals surface area contributed by atoms with E-state index in [0.717, 1.165) is 6.54 Å². The number of likely N-dealkylation sites (tertiary alicyclic amines) is 1.